The van der Waals surface area contributed by atoms with Crippen LogP contribution in [0.2, 0.25) is 0 Å². The third kappa shape index (κ3) is 15.6. The van der Waals surface area contributed by atoms with Gasteiger partial charge in [-0.3, -0.25) is 4.79 Å². The van der Waals surface area contributed by atoms with Crippen LogP contribution >= 0.6 is 0 Å². The normalized spacial score (nSPS) is 14.6. The first-order valence-electron chi connectivity index (χ1n) is 15.2. The molecule has 0 saturated heterocycles. The summed E-state index contributed by atoms with van der Waals surface area (Å²) in [6, 6.07) is 5.26. The summed E-state index contributed by atoms with van der Waals surface area (Å²) in [6.45, 7) is 13.4. The molecule has 10 heteroatoms. The number of amides is 1. The molecule has 0 fully saturated rings. The predicted molar refractivity (Wildman–Crippen MR) is 164 cm³/mol. The van der Waals surface area contributed by atoms with Crippen molar-refractivity contribution in [3.8, 4) is 11.5 Å². The van der Waals surface area contributed by atoms with Gasteiger partial charge in [-0.25, -0.2) is 4.79 Å². The number of unbranched alkanes of at least 4 members (excludes halogenated alkanes) is 2. The lowest BCUT2D eigenvalue weighted by Gasteiger charge is -2.32. The molecule has 42 heavy (non-hydrogen) atoms. The van der Waals surface area contributed by atoms with Gasteiger partial charge in [0.05, 0.1) is 31.3 Å². The van der Waals surface area contributed by atoms with Gasteiger partial charge in [-0.2, -0.15) is 0 Å². The van der Waals surface area contributed by atoms with Crippen molar-refractivity contribution in [2.45, 2.75) is 104 Å². The number of carboxylic acid groups (broad SMARTS) is 1. The number of carboxylic acids is 1. The van der Waals surface area contributed by atoms with E-state index in [2.05, 4.69) is 19.2 Å². The first kappa shape index (κ1) is 37.5. The molecule has 0 heterocycles. The van der Waals surface area contributed by atoms with Crippen LogP contribution in [-0.4, -0.2) is 73.5 Å². The van der Waals surface area contributed by atoms with Crippen molar-refractivity contribution in [3.05, 3.63) is 23.8 Å². The van der Waals surface area contributed by atoms with E-state index >= 15 is 0 Å². The van der Waals surface area contributed by atoms with Crippen molar-refractivity contribution in [3.63, 3.8) is 0 Å². The third-order valence-corrected chi connectivity index (χ3v) is 7.05. The molecule has 0 saturated carbocycles. The Labute approximate surface area is 252 Å². The standard InChI is InChI=1S/C32H56N2O8/c1-22(2)25(21-26(27(35)18-23(3)30(36)37)34-31(38)42-32(4,5)6)19-24-12-13-28(40-16-10-8-9-14-33)29(20-24)41-17-11-15-39-7/h12-13,20,22-23,25-27,35H,8-11,14-19,21,33H2,1-7H3,(H,34,38)(H,36,37). The number of nitrogens with two attached hydrogens (primary N) is 1. The van der Waals surface area contributed by atoms with Crippen LogP contribution in [0.1, 0.15) is 85.6 Å². The highest BCUT2D eigenvalue weighted by Crippen LogP contribution is 2.32. The van der Waals surface area contributed by atoms with Gasteiger partial charge in [0.25, 0.3) is 0 Å². The molecule has 1 rings (SSSR count). The van der Waals surface area contributed by atoms with Gasteiger partial charge in [0.1, 0.15) is 5.60 Å². The molecule has 5 N–H and O–H groups in total. The Bertz CT molecular complexity index is 918. The van der Waals surface area contributed by atoms with Crippen molar-refractivity contribution >= 4 is 12.1 Å². The van der Waals surface area contributed by atoms with E-state index in [-0.39, 0.29) is 18.3 Å². The van der Waals surface area contributed by atoms with E-state index in [9.17, 15) is 19.8 Å². The van der Waals surface area contributed by atoms with E-state index in [0.29, 0.717) is 50.7 Å². The van der Waals surface area contributed by atoms with Crippen LogP contribution in [0.4, 0.5) is 4.79 Å². The molecule has 242 valence electrons. The molecule has 1 aromatic rings. The lowest BCUT2D eigenvalue weighted by atomic mass is 9.82. The van der Waals surface area contributed by atoms with E-state index in [0.717, 1.165) is 31.2 Å². The van der Waals surface area contributed by atoms with Crippen LogP contribution in [0.15, 0.2) is 18.2 Å². The minimum Gasteiger partial charge on any atom is -0.490 e. The van der Waals surface area contributed by atoms with Crippen molar-refractivity contribution in [2.24, 2.45) is 23.5 Å². The molecular formula is C32H56N2O8. The second kappa shape index (κ2) is 19.6. The van der Waals surface area contributed by atoms with Gasteiger partial charge in [0.2, 0.25) is 0 Å². The number of aliphatic hydroxyl groups excluding tert-OH is 1. The summed E-state index contributed by atoms with van der Waals surface area (Å²) < 4.78 is 22.7. The highest BCUT2D eigenvalue weighted by Gasteiger charge is 2.31. The summed E-state index contributed by atoms with van der Waals surface area (Å²) in [5, 5.41) is 23.2. The van der Waals surface area contributed by atoms with Gasteiger partial charge >= 0.3 is 12.1 Å². The van der Waals surface area contributed by atoms with Crippen LogP contribution in [0.25, 0.3) is 0 Å². The Balaban J connectivity index is 3.14. The second-order valence-corrected chi connectivity index (χ2v) is 12.4. The molecule has 0 aliphatic heterocycles. The van der Waals surface area contributed by atoms with Crippen LogP contribution in [0.5, 0.6) is 11.5 Å². The van der Waals surface area contributed by atoms with E-state index in [1.807, 2.05) is 18.2 Å². The van der Waals surface area contributed by atoms with Crippen LogP contribution in [0, 0.1) is 17.8 Å². The SMILES string of the molecule is COCCCOc1cc(CC(CC(NC(=O)OC(C)(C)C)C(O)CC(C)C(=O)O)C(C)C)ccc1OCCCCCN. The zero-order valence-electron chi connectivity index (χ0n) is 26.8. The number of hydrogen-bond acceptors (Lipinski definition) is 8. The van der Waals surface area contributed by atoms with Crippen molar-refractivity contribution in [1.29, 1.82) is 0 Å². The molecule has 0 spiro atoms. The lowest BCUT2D eigenvalue weighted by molar-refractivity contribution is -0.142. The maximum atomic E-state index is 12.7. The maximum Gasteiger partial charge on any atom is 0.407 e. The monoisotopic (exact) mass is 596 g/mol. The average Bonchev–Trinajstić information content (AvgIpc) is 2.89. The molecular weight excluding hydrogens is 540 g/mol. The number of aliphatic carboxylic acids is 1. The molecule has 1 amide bonds. The van der Waals surface area contributed by atoms with Gasteiger partial charge in [-0.1, -0.05) is 26.8 Å². The zero-order chi connectivity index (χ0) is 31.7. The second-order valence-electron chi connectivity index (χ2n) is 12.4. The Morgan fingerprint density at radius 3 is 2.21 bits per heavy atom. The summed E-state index contributed by atoms with van der Waals surface area (Å²) in [6.07, 6.45) is 3.04. The van der Waals surface area contributed by atoms with Crippen molar-refractivity contribution < 1.29 is 38.7 Å². The fraction of sp³-hybridized carbons (Fsp3) is 0.750. The van der Waals surface area contributed by atoms with Gasteiger partial charge in [-0.05, 0) is 95.4 Å². The van der Waals surface area contributed by atoms with Gasteiger partial charge in [-0.15, -0.1) is 0 Å². The molecule has 4 atom stereocenters. The first-order chi connectivity index (χ1) is 19.8. The predicted octanol–water partition coefficient (Wildman–Crippen LogP) is 5.18. The fourth-order valence-electron chi connectivity index (χ4n) is 4.52. The highest BCUT2D eigenvalue weighted by molar-refractivity contribution is 5.70. The lowest BCUT2D eigenvalue weighted by Crippen LogP contribution is -2.47. The smallest absolute Gasteiger partial charge is 0.407 e. The Morgan fingerprint density at radius 2 is 1.62 bits per heavy atom. The number of methoxy groups -OCH3 is 1. The summed E-state index contributed by atoms with van der Waals surface area (Å²) >= 11 is 0. The summed E-state index contributed by atoms with van der Waals surface area (Å²) in [4.78, 5) is 24.1. The number of ether oxygens (including phenoxy) is 4. The fourth-order valence-corrected chi connectivity index (χ4v) is 4.52. The molecule has 0 aliphatic carbocycles. The number of benzene rings is 1. The zero-order valence-corrected chi connectivity index (χ0v) is 26.8. The van der Waals surface area contributed by atoms with Gasteiger partial charge in [0, 0.05) is 20.1 Å². The van der Waals surface area contributed by atoms with E-state index in [4.69, 9.17) is 24.7 Å². The number of alkyl carbamates (subject to hydrolysis) is 1. The summed E-state index contributed by atoms with van der Waals surface area (Å²) in [7, 11) is 1.66. The number of nitrogens with one attached hydrogen (secondary N) is 1. The quantitative estimate of drug-likeness (QED) is 0.141. The molecule has 0 radical (unpaired) electrons. The van der Waals surface area contributed by atoms with Crippen LogP contribution in [0.3, 0.4) is 0 Å². The minimum atomic E-state index is -1.06. The number of carbonyl (C=O) groups is 2. The Morgan fingerprint density at radius 1 is 0.952 bits per heavy atom. The molecule has 10 nitrogen and oxygen atoms in total. The van der Waals surface area contributed by atoms with Gasteiger partial charge < -0.3 is 40.2 Å². The number of carbonyl (C=O) groups excluding carboxylic acids is 1. The number of aliphatic hydroxyl groups is 1. The highest BCUT2D eigenvalue weighted by atomic mass is 16.6. The van der Waals surface area contributed by atoms with Crippen LogP contribution < -0.4 is 20.5 Å². The molecule has 0 bridgehead atoms. The molecule has 0 aromatic heterocycles. The minimum absolute atomic E-state index is 0.0113. The summed E-state index contributed by atoms with van der Waals surface area (Å²) in [5.74, 6) is -0.131. The van der Waals surface area contributed by atoms with E-state index in [1.165, 1.54) is 0 Å². The number of rotatable bonds is 21. The van der Waals surface area contributed by atoms with Crippen molar-refractivity contribution in [1.82, 2.24) is 5.32 Å². The third-order valence-electron chi connectivity index (χ3n) is 7.05. The van der Waals surface area contributed by atoms with Gasteiger partial charge in [0.15, 0.2) is 11.5 Å². The Hall–Kier alpha value is -2.56. The topological polar surface area (TPSA) is 150 Å². The molecule has 0 aliphatic rings. The first-order valence-corrected chi connectivity index (χ1v) is 15.2. The molecule has 1 aromatic carbocycles. The number of hydrogen-bond donors (Lipinski definition) is 4. The summed E-state index contributed by atoms with van der Waals surface area (Å²) in [5.41, 5.74) is 5.92. The molecule has 4 unspecified atom stereocenters. The Kier molecular flexibility index (Phi) is 17.5. The van der Waals surface area contributed by atoms with E-state index in [1.54, 1.807) is 34.8 Å². The van der Waals surface area contributed by atoms with Crippen LogP contribution in [-0.2, 0) is 20.7 Å². The average molecular weight is 597 g/mol. The van der Waals surface area contributed by atoms with E-state index < -0.39 is 35.7 Å². The largest absolute Gasteiger partial charge is 0.490 e. The van der Waals surface area contributed by atoms with Crippen molar-refractivity contribution in [2.75, 3.05) is 33.5 Å². The maximum absolute atomic E-state index is 12.7.